The summed E-state index contributed by atoms with van der Waals surface area (Å²) in [6.07, 6.45) is 2.21. The molecule has 1 rings (SSSR count). The molecule has 0 saturated heterocycles. The van der Waals surface area contributed by atoms with E-state index in [1.54, 1.807) is 30.3 Å². The third kappa shape index (κ3) is 3.65. The van der Waals surface area contributed by atoms with Crippen LogP contribution in [-0.4, -0.2) is 14.2 Å². The Kier molecular flexibility index (Phi) is 4.56. The van der Waals surface area contributed by atoms with Gasteiger partial charge < -0.3 is 0 Å². The third-order valence-corrected chi connectivity index (χ3v) is 4.26. The van der Waals surface area contributed by atoms with Crippen molar-refractivity contribution in [1.82, 2.24) is 0 Å². The van der Waals surface area contributed by atoms with Crippen LogP contribution in [0.25, 0.3) is 0 Å². The fourth-order valence-corrected chi connectivity index (χ4v) is 2.52. The first-order chi connectivity index (χ1) is 7.45. The SMILES string of the molecule is CC/C(Cl)=C/CS(=O)(=O)c1ccc(C)cc1. The van der Waals surface area contributed by atoms with E-state index in [0.717, 1.165) is 5.56 Å². The molecule has 0 atom stereocenters. The number of sulfone groups is 1. The van der Waals surface area contributed by atoms with Gasteiger partial charge in [-0.3, -0.25) is 0 Å². The van der Waals surface area contributed by atoms with Crippen LogP contribution in [0.2, 0.25) is 0 Å². The average molecular weight is 259 g/mol. The lowest BCUT2D eigenvalue weighted by Crippen LogP contribution is -2.04. The van der Waals surface area contributed by atoms with E-state index < -0.39 is 9.84 Å². The number of rotatable bonds is 4. The largest absolute Gasteiger partial charge is 0.223 e. The maximum atomic E-state index is 11.9. The highest BCUT2D eigenvalue weighted by atomic mass is 35.5. The summed E-state index contributed by atoms with van der Waals surface area (Å²) in [5.41, 5.74) is 1.04. The topological polar surface area (TPSA) is 34.1 Å². The molecule has 0 radical (unpaired) electrons. The quantitative estimate of drug-likeness (QED) is 0.830. The van der Waals surface area contributed by atoms with Gasteiger partial charge in [0.1, 0.15) is 0 Å². The molecule has 0 aliphatic rings. The van der Waals surface area contributed by atoms with E-state index in [2.05, 4.69) is 0 Å². The highest BCUT2D eigenvalue weighted by Crippen LogP contribution is 2.14. The predicted octanol–water partition coefficient (Wildman–Crippen LogP) is 3.30. The Morgan fingerprint density at radius 3 is 2.38 bits per heavy atom. The molecule has 16 heavy (non-hydrogen) atoms. The summed E-state index contributed by atoms with van der Waals surface area (Å²) in [4.78, 5) is 0.343. The van der Waals surface area contributed by atoms with Crippen molar-refractivity contribution in [3.8, 4) is 0 Å². The van der Waals surface area contributed by atoms with Crippen molar-refractivity contribution in [2.45, 2.75) is 25.2 Å². The van der Waals surface area contributed by atoms with Gasteiger partial charge in [0, 0.05) is 5.03 Å². The van der Waals surface area contributed by atoms with Crippen LogP contribution in [0, 0.1) is 6.92 Å². The van der Waals surface area contributed by atoms with E-state index in [-0.39, 0.29) is 5.75 Å². The first kappa shape index (κ1) is 13.3. The lowest BCUT2D eigenvalue weighted by atomic mass is 10.2. The molecule has 4 heteroatoms. The first-order valence-electron chi connectivity index (χ1n) is 5.09. The van der Waals surface area contributed by atoms with Crippen LogP contribution < -0.4 is 0 Å². The maximum absolute atomic E-state index is 11.9. The number of hydrogen-bond acceptors (Lipinski definition) is 2. The fourth-order valence-electron chi connectivity index (χ4n) is 1.19. The molecule has 1 aromatic carbocycles. The second-order valence-corrected chi connectivity index (χ2v) is 6.12. The monoisotopic (exact) mass is 258 g/mol. The summed E-state index contributed by atoms with van der Waals surface area (Å²) in [5.74, 6) is -0.0390. The number of halogens is 1. The van der Waals surface area contributed by atoms with Crippen molar-refractivity contribution in [3.05, 3.63) is 40.9 Å². The van der Waals surface area contributed by atoms with Gasteiger partial charge in [0.15, 0.2) is 9.84 Å². The Labute approximate surface area is 102 Å². The number of benzene rings is 1. The minimum absolute atomic E-state index is 0.0390. The van der Waals surface area contributed by atoms with Gasteiger partial charge in [0.25, 0.3) is 0 Å². The minimum Gasteiger partial charge on any atom is -0.223 e. The molecule has 0 bridgehead atoms. The summed E-state index contributed by atoms with van der Waals surface area (Å²) in [7, 11) is -3.24. The van der Waals surface area contributed by atoms with Crippen LogP contribution in [0.15, 0.2) is 40.3 Å². The molecule has 0 aromatic heterocycles. The van der Waals surface area contributed by atoms with Gasteiger partial charge in [-0.05, 0) is 25.5 Å². The number of aryl methyl sites for hydroxylation is 1. The highest BCUT2D eigenvalue weighted by molar-refractivity contribution is 7.91. The van der Waals surface area contributed by atoms with Gasteiger partial charge in [-0.1, -0.05) is 42.3 Å². The van der Waals surface area contributed by atoms with E-state index in [0.29, 0.717) is 16.3 Å². The molecule has 2 nitrogen and oxygen atoms in total. The van der Waals surface area contributed by atoms with Gasteiger partial charge >= 0.3 is 0 Å². The molecule has 0 saturated carbocycles. The lowest BCUT2D eigenvalue weighted by molar-refractivity contribution is 0.599. The van der Waals surface area contributed by atoms with E-state index >= 15 is 0 Å². The van der Waals surface area contributed by atoms with Gasteiger partial charge in [-0.25, -0.2) is 8.42 Å². The minimum atomic E-state index is -3.24. The zero-order valence-electron chi connectivity index (χ0n) is 9.40. The Balaban J connectivity index is 2.91. The molecular formula is C12H15ClO2S. The van der Waals surface area contributed by atoms with Crippen molar-refractivity contribution in [3.63, 3.8) is 0 Å². The predicted molar refractivity (Wildman–Crippen MR) is 67.5 cm³/mol. The van der Waals surface area contributed by atoms with E-state index in [1.807, 2.05) is 13.8 Å². The van der Waals surface area contributed by atoms with Crippen LogP contribution in [0.1, 0.15) is 18.9 Å². The van der Waals surface area contributed by atoms with Crippen LogP contribution >= 0.6 is 11.6 Å². The van der Waals surface area contributed by atoms with Crippen LogP contribution in [0.4, 0.5) is 0 Å². The molecular weight excluding hydrogens is 244 g/mol. The molecule has 1 aromatic rings. The highest BCUT2D eigenvalue weighted by Gasteiger charge is 2.12. The zero-order chi connectivity index (χ0) is 12.2. The third-order valence-electron chi connectivity index (χ3n) is 2.24. The Morgan fingerprint density at radius 1 is 1.31 bits per heavy atom. The van der Waals surface area contributed by atoms with Crippen molar-refractivity contribution in [1.29, 1.82) is 0 Å². The summed E-state index contributed by atoms with van der Waals surface area (Å²) < 4.78 is 23.7. The van der Waals surface area contributed by atoms with Crippen molar-refractivity contribution in [2.24, 2.45) is 0 Å². The second-order valence-electron chi connectivity index (χ2n) is 3.60. The average Bonchev–Trinajstić information content (AvgIpc) is 2.26. The standard InChI is InChI=1S/C12H15ClO2S/c1-3-11(13)8-9-16(14,15)12-6-4-10(2)5-7-12/h4-8H,3,9H2,1-2H3/b11-8-. The van der Waals surface area contributed by atoms with Crippen LogP contribution in [-0.2, 0) is 9.84 Å². The van der Waals surface area contributed by atoms with E-state index in [1.165, 1.54) is 0 Å². The summed E-state index contributed by atoms with van der Waals surface area (Å²) in [6.45, 7) is 3.81. The van der Waals surface area contributed by atoms with E-state index in [9.17, 15) is 8.42 Å². The summed E-state index contributed by atoms with van der Waals surface area (Å²) in [5, 5.41) is 0.579. The fraction of sp³-hybridized carbons (Fsp3) is 0.333. The van der Waals surface area contributed by atoms with Crippen LogP contribution in [0.5, 0.6) is 0 Å². The molecule has 0 aliphatic carbocycles. The molecule has 0 N–H and O–H groups in total. The van der Waals surface area contributed by atoms with Crippen molar-refractivity contribution in [2.75, 3.05) is 5.75 Å². The first-order valence-corrected chi connectivity index (χ1v) is 7.12. The Bertz CT molecular complexity index is 472. The lowest BCUT2D eigenvalue weighted by Gasteiger charge is -2.02. The molecule has 0 fully saturated rings. The summed E-state index contributed by atoms with van der Waals surface area (Å²) in [6, 6.07) is 6.83. The smallest absolute Gasteiger partial charge is 0.181 e. The number of allylic oxidation sites excluding steroid dienone is 1. The zero-order valence-corrected chi connectivity index (χ0v) is 11.0. The van der Waals surface area contributed by atoms with Crippen molar-refractivity contribution >= 4 is 21.4 Å². The van der Waals surface area contributed by atoms with E-state index in [4.69, 9.17) is 11.6 Å². The van der Waals surface area contributed by atoms with Crippen molar-refractivity contribution < 1.29 is 8.42 Å². The Morgan fingerprint density at radius 2 is 1.88 bits per heavy atom. The molecule has 0 spiro atoms. The number of hydrogen-bond donors (Lipinski definition) is 0. The Hall–Kier alpha value is -0.800. The van der Waals surface area contributed by atoms with Gasteiger partial charge in [-0.15, -0.1) is 0 Å². The van der Waals surface area contributed by atoms with Gasteiger partial charge in [-0.2, -0.15) is 0 Å². The molecule has 0 amide bonds. The van der Waals surface area contributed by atoms with Gasteiger partial charge in [0.2, 0.25) is 0 Å². The second kappa shape index (κ2) is 5.51. The molecule has 0 heterocycles. The maximum Gasteiger partial charge on any atom is 0.181 e. The molecule has 88 valence electrons. The normalized spacial score (nSPS) is 12.8. The van der Waals surface area contributed by atoms with Crippen LogP contribution in [0.3, 0.4) is 0 Å². The van der Waals surface area contributed by atoms with Gasteiger partial charge in [0.05, 0.1) is 10.6 Å². The summed E-state index contributed by atoms with van der Waals surface area (Å²) >= 11 is 5.78. The molecule has 0 unspecified atom stereocenters. The molecule has 0 aliphatic heterocycles.